The van der Waals surface area contributed by atoms with E-state index in [2.05, 4.69) is 48.4 Å². The highest BCUT2D eigenvalue weighted by molar-refractivity contribution is 5.33. The van der Waals surface area contributed by atoms with Crippen molar-refractivity contribution in [3.8, 4) is 5.69 Å². The first-order chi connectivity index (χ1) is 8.74. The van der Waals surface area contributed by atoms with Crippen molar-refractivity contribution in [2.24, 2.45) is 5.73 Å². The number of nitrogens with zero attached hydrogens (tertiary/aromatic N) is 3. The molecule has 0 aliphatic heterocycles. The van der Waals surface area contributed by atoms with E-state index < -0.39 is 0 Å². The Labute approximate surface area is 108 Å². The summed E-state index contributed by atoms with van der Waals surface area (Å²) >= 11 is 0. The second-order valence-corrected chi connectivity index (χ2v) is 4.50. The molecule has 1 heterocycles. The van der Waals surface area contributed by atoms with Gasteiger partial charge >= 0.3 is 0 Å². The standard InChI is InChI=1S/C14H20N4/c1-3-5-13(15)14-10-18(17-16-14)12-8-6-11(4-2)7-9-12/h6-10,13H,3-5,15H2,1-2H3. The molecule has 1 aromatic heterocycles. The maximum absolute atomic E-state index is 6.03. The van der Waals surface area contributed by atoms with E-state index in [1.165, 1.54) is 5.56 Å². The van der Waals surface area contributed by atoms with E-state index in [0.29, 0.717) is 0 Å². The Hall–Kier alpha value is -1.68. The minimum atomic E-state index is -0.0151. The third-order valence-electron chi connectivity index (χ3n) is 3.10. The van der Waals surface area contributed by atoms with Crippen LogP contribution in [-0.2, 0) is 6.42 Å². The SMILES string of the molecule is CCCC(N)c1cn(-c2ccc(CC)cc2)nn1. The first-order valence-corrected chi connectivity index (χ1v) is 6.51. The molecule has 1 unspecified atom stereocenters. The van der Waals surface area contributed by atoms with Gasteiger partial charge in [0.2, 0.25) is 0 Å². The number of hydrogen-bond acceptors (Lipinski definition) is 3. The van der Waals surface area contributed by atoms with Gasteiger partial charge in [0.1, 0.15) is 0 Å². The van der Waals surface area contributed by atoms with E-state index in [4.69, 9.17) is 5.73 Å². The Bertz CT molecular complexity index is 487. The lowest BCUT2D eigenvalue weighted by Crippen LogP contribution is -2.10. The van der Waals surface area contributed by atoms with Gasteiger partial charge in [0.25, 0.3) is 0 Å². The number of aromatic nitrogens is 3. The van der Waals surface area contributed by atoms with E-state index in [0.717, 1.165) is 30.6 Å². The molecule has 2 aromatic rings. The molecule has 1 atom stereocenters. The Morgan fingerprint density at radius 3 is 2.56 bits per heavy atom. The summed E-state index contributed by atoms with van der Waals surface area (Å²) in [6.07, 6.45) is 4.96. The van der Waals surface area contributed by atoms with Crippen LogP contribution in [0, 0.1) is 0 Å². The van der Waals surface area contributed by atoms with Crippen molar-refractivity contribution in [1.82, 2.24) is 15.0 Å². The smallest absolute Gasteiger partial charge is 0.0998 e. The Balaban J connectivity index is 2.18. The minimum Gasteiger partial charge on any atom is -0.323 e. The predicted octanol–water partition coefficient (Wildman–Crippen LogP) is 2.63. The zero-order valence-corrected chi connectivity index (χ0v) is 11.0. The summed E-state index contributed by atoms with van der Waals surface area (Å²) in [5.41, 5.74) is 9.23. The van der Waals surface area contributed by atoms with Crippen LogP contribution in [-0.4, -0.2) is 15.0 Å². The summed E-state index contributed by atoms with van der Waals surface area (Å²) in [4.78, 5) is 0. The predicted molar refractivity (Wildman–Crippen MR) is 72.6 cm³/mol. The van der Waals surface area contributed by atoms with Gasteiger partial charge in [-0.3, -0.25) is 0 Å². The second kappa shape index (κ2) is 5.78. The third-order valence-corrected chi connectivity index (χ3v) is 3.10. The highest BCUT2D eigenvalue weighted by Gasteiger charge is 2.10. The Morgan fingerprint density at radius 2 is 1.94 bits per heavy atom. The average molecular weight is 244 g/mol. The largest absolute Gasteiger partial charge is 0.323 e. The van der Waals surface area contributed by atoms with Crippen molar-refractivity contribution >= 4 is 0 Å². The zero-order valence-electron chi connectivity index (χ0n) is 11.0. The van der Waals surface area contributed by atoms with Gasteiger partial charge in [-0.15, -0.1) is 5.10 Å². The molecule has 2 N–H and O–H groups in total. The highest BCUT2D eigenvalue weighted by Crippen LogP contribution is 2.15. The highest BCUT2D eigenvalue weighted by atomic mass is 15.4. The number of aryl methyl sites for hydroxylation is 1. The van der Waals surface area contributed by atoms with Gasteiger partial charge in [-0.25, -0.2) is 4.68 Å². The summed E-state index contributed by atoms with van der Waals surface area (Å²) in [6.45, 7) is 4.26. The topological polar surface area (TPSA) is 56.7 Å². The third kappa shape index (κ3) is 2.76. The molecule has 0 amide bonds. The van der Waals surface area contributed by atoms with Crippen LogP contribution in [0.5, 0.6) is 0 Å². The fraction of sp³-hybridized carbons (Fsp3) is 0.429. The fourth-order valence-electron chi connectivity index (χ4n) is 1.92. The van der Waals surface area contributed by atoms with Crippen molar-refractivity contribution < 1.29 is 0 Å². The summed E-state index contributed by atoms with van der Waals surface area (Å²) in [7, 11) is 0. The van der Waals surface area contributed by atoms with Gasteiger partial charge in [-0.1, -0.05) is 37.6 Å². The van der Waals surface area contributed by atoms with Crippen LogP contribution in [0.4, 0.5) is 0 Å². The molecular formula is C14H20N4. The van der Waals surface area contributed by atoms with Crippen molar-refractivity contribution in [3.63, 3.8) is 0 Å². The zero-order chi connectivity index (χ0) is 13.0. The van der Waals surface area contributed by atoms with E-state index in [1.807, 2.05) is 6.20 Å². The van der Waals surface area contributed by atoms with Crippen molar-refractivity contribution in [1.29, 1.82) is 0 Å². The molecule has 18 heavy (non-hydrogen) atoms. The van der Waals surface area contributed by atoms with E-state index in [-0.39, 0.29) is 6.04 Å². The Kier molecular flexibility index (Phi) is 4.10. The van der Waals surface area contributed by atoms with Gasteiger partial charge < -0.3 is 5.73 Å². The van der Waals surface area contributed by atoms with Crippen molar-refractivity contribution in [2.75, 3.05) is 0 Å². The lowest BCUT2D eigenvalue weighted by molar-refractivity contribution is 0.619. The molecule has 0 bridgehead atoms. The van der Waals surface area contributed by atoms with Crippen molar-refractivity contribution in [2.45, 2.75) is 39.2 Å². The molecule has 0 fully saturated rings. The minimum absolute atomic E-state index is 0.0151. The van der Waals surface area contributed by atoms with E-state index in [9.17, 15) is 0 Å². The molecule has 1 aromatic carbocycles. The molecular weight excluding hydrogens is 224 g/mol. The Morgan fingerprint density at radius 1 is 1.22 bits per heavy atom. The molecule has 0 aliphatic carbocycles. The molecule has 0 aliphatic rings. The fourth-order valence-corrected chi connectivity index (χ4v) is 1.92. The van der Waals surface area contributed by atoms with Crippen LogP contribution < -0.4 is 5.73 Å². The quantitative estimate of drug-likeness (QED) is 0.879. The summed E-state index contributed by atoms with van der Waals surface area (Å²) in [5.74, 6) is 0. The number of benzene rings is 1. The van der Waals surface area contributed by atoms with Gasteiger partial charge in [-0.05, 0) is 30.5 Å². The molecule has 4 heteroatoms. The maximum Gasteiger partial charge on any atom is 0.0998 e. The summed E-state index contributed by atoms with van der Waals surface area (Å²) in [6, 6.07) is 8.33. The first-order valence-electron chi connectivity index (χ1n) is 6.51. The van der Waals surface area contributed by atoms with Gasteiger partial charge in [0, 0.05) is 0 Å². The number of hydrogen-bond donors (Lipinski definition) is 1. The molecule has 0 saturated heterocycles. The monoisotopic (exact) mass is 244 g/mol. The van der Waals surface area contributed by atoms with Crippen molar-refractivity contribution in [3.05, 3.63) is 41.7 Å². The van der Waals surface area contributed by atoms with Crippen LogP contribution >= 0.6 is 0 Å². The number of nitrogens with two attached hydrogens (primary N) is 1. The molecule has 0 spiro atoms. The van der Waals surface area contributed by atoms with Crippen LogP contribution in [0.1, 0.15) is 44.0 Å². The number of rotatable bonds is 5. The van der Waals surface area contributed by atoms with E-state index >= 15 is 0 Å². The van der Waals surface area contributed by atoms with Crippen LogP contribution in [0.2, 0.25) is 0 Å². The average Bonchev–Trinajstić information content (AvgIpc) is 2.89. The first kappa shape index (κ1) is 12.8. The lowest BCUT2D eigenvalue weighted by atomic mass is 10.1. The summed E-state index contributed by atoms with van der Waals surface area (Å²) in [5, 5.41) is 8.27. The maximum atomic E-state index is 6.03. The van der Waals surface area contributed by atoms with Crippen LogP contribution in [0.15, 0.2) is 30.5 Å². The second-order valence-electron chi connectivity index (χ2n) is 4.50. The molecule has 4 nitrogen and oxygen atoms in total. The molecule has 0 radical (unpaired) electrons. The lowest BCUT2D eigenvalue weighted by Gasteiger charge is -2.04. The van der Waals surface area contributed by atoms with Crippen LogP contribution in [0.3, 0.4) is 0 Å². The van der Waals surface area contributed by atoms with Gasteiger partial charge in [-0.2, -0.15) is 0 Å². The van der Waals surface area contributed by atoms with Gasteiger partial charge in [0.15, 0.2) is 0 Å². The van der Waals surface area contributed by atoms with E-state index in [1.54, 1.807) is 4.68 Å². The molecule has 0 saturated carbocycles. The molecule has 96 valence electrons. The molecule has 2 rings (SSSR count). The van der Waals surface area contributed by atoms with Crippen LogP contribution in [0.25, 0.3) is 5.69 Å². The summed E-state index contributed by atoms with van der Waals surface area (Å²) < 4.78 is 1.78. The normalized spacial score (nSPS) is 12.6. The van der Waals surface area contributed by atoms with Gasteiger partial charge in [0.05, 0.1) is 23.6 Å².